The molecule has 7 heteroatoms. The molecule has 1 amide bonds. The Morgan fingerprint density at radius 2 is 1.62 bits per heavy atom. The maximum Gasteiger partial charge on any atom is 0.345 e. The van der Waals surface area contributed by atoms with Crippen molar-refractivity contribution < 1.29 is 19.1 Å². The van der Waals surface area contributed by atoms with Gasteiger partial charge < -0.3 is 9.47 Å². The number of methoxy groups -OCH3 is 1. The zero-order valence-corrected chi connectivity index (χ0v) is 20.9. The number of halogens is 1. The van der Waals surface area contributed by atoms with E-state index in [0.29, 0.717) is 22.8 Å². The second kappa shape index (κ2) is 15.9. The van der Waals surface area contributed by atoms with E-state index < -0.39 is 5.97 Å². The molecule has 0 saturated heterocycles. The minimum atomic E-state index is -0.575. The van der Waals surface area contributed by atoms with Crippen molar-refractivity contribution in [2.75, 3.05) is 7.11 Å². The third-order valence-electron chi connectivity index (χ3n) is 5.39. The van der Waals surface area contributed by atoms with Gasteiger partial charge >= 0.3 is 5.97 Å². The van der Waals surface area contributed by atoms with Gasteiger partial charge in [0.2, 0.25) is 5.91 Å². The van der Waals surface area contributed by atoms with Gasteiger partial charge in [0.1, 0.15) is 0 Å². The largest absolute Gasteiger partial charge is 0.493 e. The first-order valence-corrected chi connectivity index (χ1v) is 12.4. The first-order chi connectivity index (χ1) is 16.5. The Kier molecular flexibility index (Phi) is 12.8. The number of benzene rings is 2. The van der Waals surface area contributed by atoms with E-state index in [1.807, 2.05) is 0 Å². The summed E-state index contributed by atoms with van der Waals surface area (Å²) in [5.41, 5.74) is 3.52. The number of hydrogen-bond donors (Lipinski definition) is 1. The lowest BCUT2D eigenvalue weighted by molar-refractivity contribution is -0.121. The van der Waals surface area contributed by atoms with Gasteiger partial charge in [0.15, 0.2) is 11.5 Å². The Bertz CT molecular complexity index is 946. The van der Waals surface area contributed by atoms with Crippen LogP contribution in [0, 0.1) is 0 Å². The molecule has 0 aliphatic carbocycles. The second-order valence-corrected chi connectivity index (χ2v) is 8.56. The SMILES string of the molecule is CCCCCCCCCCCC(=O)NN=Cc1ccc(OC(=O)c2ccccc2Cl)c(OC)c1. The zero-order valence-electron chi connectivity index (χ0n) is 20.1. The highest BCUT2D eigenvalue weighted by Gasteiger charge is 2.15. The van der Waals surface area contributed by atoms with E-state index in [1.165, 1.54) is 58.3 Å². The summed E-state index contributed by atoms with van der Waals surface area (Å²) in [6, 6.07) is 11.7. The van der Waals surface area contributed by atoms with Crippen molar-refractivity contribution in [3.05, 3.63) is 58.6 Å². The van der Waals surface area contributed by atoms with E-state index in [2.05, 4.69) is 17.5 Å². The van der Waals surface area contributed by atoms with Gasteiger partial charge in [0.25, 0.3) is 0 Å². The lowest BCUT2D eigenvalue weighted by Crippen LogP contribution is -2.16. The van der Waals surface area contributed by atoms with Crippen LogP contribution >= 0.6 is 11.6 Å². The molecule has 34 heavy (non-hydrogen) atoms. The molecular formula is C27H35ClN2O4. The normalized spacial score (nSPS) is 10.9. The number of nitrogens with zero attached hydrogens (tertiary/aromatic N) is 1. The number of amides is 1. The first-order valence-electron chi connectivity index (χ1n) is 12.0. The van der Waals surface area contributed by atoms with Crippen molar-refractivity contribution in [3.8, 4) is 11.5 Å². The fourth-order valence-electron chi connectivity index (χ4n) is 3.46. The van der Waals surface area contributed by atoms with Crippen LogP contribution in [0.4, 0.5) is 0 Å². The van der Waals surface area contributed by atoms with E-state index in [9.17, 15) is 9.59 Å². The van der Waals surface area contributed by atoms with Crippen molar-refractivity contribution in [2.24, 2.45) is 5.10 Å². The molecule has 2 aromatic carbocycles. The van der Waals surface area contributed by atoms with Crippen LogP contribution in [-0.2, 0) is 4.79 Å². The number of unbranched alkanes of at least 4 members (excludes halogenated alkanes) is 8. The van der Waals surface area contributed by atoms with E-state index in [1.54, 1.807) is 42.5 Å². The van der Waals surface area contributed by atoms with Crippen molar-refractivity contribution in [2.45, 2.75) is 71.1 Å². The Morgan fingerprint density at radius 3 is 2.29 bits per heavy atom. The first kappa shape index (κ1) is 27.4. The van der Waals surface area contributed by atoms with Crippen molar-refractivity contribution in [3.63, 3.8) is 0 Å². The van der Waals surface area contributed by atoms with Crippen molar-refractivity contribution in [1.82, 2.24) is 5.43 Å². The molecule has 1 N–H and O–H groups in total. The van der Waals surface area contributed by atoms with Gasteiger partial charge in [-0.05, 0) is 42.3 Å². The Balaban J connectivity index is 1.75. The van der Waals surface area contributed by atoms with Gasteiger partial charge in [-0.25, -0.2) is 10.2 Å². The van der Waals surface area contributed by atoms with Gasteiger partial charge in [-0.2, -0.15) is 5.10 Å². The number of nitrogens with one attached hydrogen (secondary N) is 1. The molecule has 0 spiro atoms. The molecule has 184 valence electrons. The summed E-state index contributed by atoms with van der Waals surface area (Å²) in [5, 5.41) is 4.33. The molecular weight excluding hydrogens is 452 g/mol. The van der Waals surface area contributed by atoms with Crippen LogP contribution < -0.4 is 14.9 Å². The Morgan fingerprint density at radius 1 is 0.941 bits per heavy atom. The molecule has 0 aromatic heterocycles. The molecule has 0 aliphatic heterocycles. The maximum atomic E-state index is 12.4. The van der Waals surface area contributed by atoms with Crippen LogP contribution in [0.5, 0.6) is 11.5 Å². The molecule has 0 radical (unpaired) electrons. The number of rotatable bonds is 15. The molecule has 0 bridgehead atoms. The van der Waals surface area contributed by atoms with Gasteiger partial charge in [0.05, 0.1) is 23.9 Å². The zero-order chi connectivity index (χ0) is 24.6. The van der Waals surface area contributed by atoms with Crippen LogP contribution in [0.15, 0.2) is 47.6 Å². The molecule has 0 aliphatic rings. The summed E-state index contributed by atoms with van der Waals surface area (Å²) >= 11 is 6.06. The van der Waals surface area contributed by atoms with E-state index in [0.717, 1.165) is 12.8 Å². The van der Waals surface area contributed by atoms with Crippen LogP contribution in [0.25, 0.3) is 0 Å². The fourth-order valence-corrected chi connectivity index (χ4v) is 3.67. The van der Waals surface area contributed by atoms with Gasteiger partial charge in [0, 0.05) is 6.42 Å². The Labute approximate surface area is 207 Å². The predicted molar refractivity (Wildman–Crippen MR) is 137 cm³/mol. The molecule has 0 atom stereocenters. The molecule has 0 unspecified atom stereocenters. The minimum absolute atomic E-state index is 0.101. The molecule has 0 fully saturated rings. The monoisotopic (exact) mass is 486 g/mol. The highest BCUT2D eigenvalue weighted by Crippen LogP contribution is 2.29. The summed E-state index contributed by atoms with van der Waals surface area (Å²) in [4.78, 5) is 24.4. The average Bonchev–Trinajstić information content (AvgIpc) is 2.84. The summed E-state index contributed by atoms with van der Waals surface area (Å²) in [5.74, 6) is -0.0464. The molecule has 2 rings (SSSR count). The summed E-state index contributed by atoms with van der Waals surface area (Å²) < 4.78 is 10.8. The third-order valence-corrected chi connectivity index (χ3v) is 5.72. The lowest BCUT2D eigenvalue weighted by atomic mass is 10.1. The quantitative estimate of drug-likeness (QED) is 0.0972. The summed E-state index contributed by atoms with van der Waals surface area (Å²) in [6.45, 7) is 2.23. The maximum absolute atomic E-state index is 12.4. The molecule has 0 heterocycles. The third kappa shape index (κ3) is 9.96. The van der Waals surface area contributed by atoms with Crippen molar-refractivity contribution >= 4 is 29.7 Å². The number of ether oxygens (including phenoxy) is 2. The number of carbonyl (C=O) groups is 2. The fraction of sp³-hybridized carbons (Fsp3) is 0.444. The summed E-state index contributed by atoms with van der Waals surface area (Å²) in [6.07, 6.45) is 12.9. The molecule has 2 aromatic rings. The Hall–Kier alpha value is -2.86. The van der Waals surface area contributed by atoms with Crippen molar-refractivity contribution in [1.29, 1.82) is 0 Å². The van der Waals surface area contributed by atoms with E-state index >= 15 is 0 Å². The number of hydrazone groups is 1. The van der Waals surface area contributed by atoms with Crippen LogP contribution in [0.3, 0.4) is 0 Å². The van der Waals surface area contributed by atoms with Gasteiger partial charge in [-0.15, -0.1) is 0 Å². The van der Waals surface area contributed by atoms with Gasteiger partial charge in [-0.1, -0.05) is 82.0 Å². The van der Waals surface area contributed by atoms with E-state index in [-0.39, 0.29) is 17.2 Å². The van der Waals surface area contributed by atoms with Crippen LogP contribution in [0.1, 0.15) is 87.1 Å². The average molecular weight is 487 g/mol. The lowest BCUT2D eigenvalue weighted by Gasteiger charge is -2.10. The van der Waals surface area contributed by atoms with Crippen LogP contribution in [0.2, 0.25) is 5.02 Å². The number of esters is 1. The second-order valence-electron chi connectivity index (χ2n) is 8.15. The standard InChI is InChI=1S/C27H35ClN2O4/c1-3-4-5-6-7-8-9-10-11-16-26(31)30-29-20-21-17-18-24(25(19-21)33-2)34-27(32)22-14-12-13-15-23(22)28/h12-15,17-20H,3-11,16H2,1-2H3,(H,30,31). The molecule has 6 nitrogen and oxygen atoms in total. The number of carbonyl (C=O) groups excluding carboxylic acids is 2. The topological polar surface area (TPSA) is 77.0 Å². The highest BCUT2D eigenvalue weighted by molar-refractivity contribution is 6.33. The predicted octanol–water partition coefficient (Wildman–Crippen LogP) is 6.94. The van der Waals surface area contributed by atoms with E-state index in [4.69, 9.17) is 21.1 Å². The molecule has 0 saturated carbocycles. The van der Waals surface area contributed by atoms with Crippen LogP contribution in [-0.4, -0.2) is 25.2 Å². The summed E-state index contributed by atoms with van der Waals surface area (Å²) in [7, 11) is 1.48. The highest BCUT2D eigenvalue weighted by atomic mass is 35.5. The van der Waals surface area contributed by atoms with Gasteiger partial charge in [-0.3, -0.25) is 4.79 Å². The number of hydrogen-bond acceptors (Lipinski definition) is 5. The minimum Gasteiger partial charge on any atom is -0.493 e. The smallest absolute Gasteiger partial charge is 0.345 e.